The molecule has 110 valence electrons. The molecule has 1 aromatic heterocycles. The number of aromatic nitrogens is 1. The Morgan fingerprint density at radius 2 is 1.81 bits per heavy atom. The van der Waals surface area contributed by atoms with E-state index in [4.69, 9.17) is 0 Å². The molecule has 0 aliphatic carbocycles. The lowest BCUT2D eigenvalue weighted by Gasteiger charge is -2.16. The quantitative estimate of drug-likeness (QED) is 0.911. The van der Waals surface area contributed by atoms with Gasteiger partial charge in [0.25, 0.3) is 0 Å². The highest BCUT2D eigenvalue weighted by Crippen LogP contribution is 2.26. The van der Waals surface area contributed by atoms with Crippen molar-refractivity contribution in [3.8, 4) is 0 Å². The van der Waals surface area contributed by atoms with Crippen molar-refractivity contribution in [2.24, 2.45) is 5.92 Å². The summed E-state index contributed by atoms with van der Waals surface area (Å²) in [7, 11) is 0. The lowest BCUT2D eigenvalue weighted by molar-refractivity contribution is 0.552. The monoisotopic (exact) mass is 281 g/mol. The summed E-state index contributed by atoms with van der Waals surface area (Å²) in [6.07, 6.45) is 1.99. The van der Waals surface area contributed by atoms with Crippen LogP contribution in [0.5, 0.6) is 0 Å². The molecule has 1 N–H and O–H groups in total. The molecule has 0 radical (unpaired) electrons. The minimum absolute atomic E-state index is 0.681. The number of pyridine rings is 1. The summed E-state index contributed by atoms with van der Waals surface area (Å²) in [6.45, 7) is 8.32. The molecule has 0 unspecified atom stereocenters. The molecule has 0 fully saturated rings. The maximum atomic E-state index is 4.63. The fourth-order valence-electron chi connectivity index (χ4n) is 2.71. The SMILES string of the molecule is CC(C)CNCc1ccc(N2Cc3ccccc3C2)nc1. The second-order valence-corrected chi connectivity index (χ2v) is 6.17. The molecular weight excluding hydrogens is 258 g/mol. The van der Waals surface area contributed by atoms with Crippen LogP contribution in [0.3, 0.4) is 0 Å². The molecule has 3 heteroatoms. The van der Waals surface area contributed by atoms with Gasteiger partial charge >= 0.3 is 0 Å². The second kappa shape index (κ2) is 6.27. The summed E-state index contributed by atoms with van der Waals surface area (Å²) in [5.41, 5.74) is 4.08. The van der Waals surface area contributed by atoms with Crippen LogP contribution in [0.15, 0.2) is 42.6 Å². The van der Waals surface area contributed by atoms with Crippen molar-refractivity contribution in [2.75, 3.05) is 11.4 Å². The van der Waals surface area contributed by atoms with Crippen molar-refractivity contribution in [3.63, 3.8) is 0 Å². The number of fused-ring (bicyclic) bond motifs is 1. The highest BCUT2D eigenvalue weighted by Gasteiger charge is 2.19. The molecule has 0 amide bonds. The first-order valence-corrected chi connectivity index (χ1v) is 7.70. The predicted octanol–water partition coefficient (Wildman–Crippen LogP) is 3.35. The Balaban J connectivity index is 1.61. The highest BCUT2D eigenvalue weighted by molar-refractivity contribution is 5.47. The van der Waals surface area contributed by atoms with E-state index in [0.29, 0.717) is 5.92 Å². The van der Waals surface area contributed by atoms with Gasteiger partial charge in [-0.15, -0.1) is 0 Å². The largest absolute Gasteiger partial charge is 0.348 e. The van der Waals surface area contributed by atoms with Crippen molar-refractivity contribution < 1.29 is 0 Å². The van der Waals surface area contributed by atoms with Gasteiger partial charge in [-0.2, -0.15) is 0 Å². The van der Waals surface area contributed by atoms with Gasteiger partial charge in [0.05, 0.1) is 0 Å². The van der Waals surface area contributed by atoms with Crippen LogP contribution in [-0.4, -0.2) is 11.5 Å². The maximum absolute atomic E-state index is 4.63. The van der Waals surface area contributed by atoms with E-state index in [-0.39, 0.29) is 0 Å². The van der Waals surface area contributed by atoms with Crippen LogP contribution in [0.4, 0.5) is 5.82 Å². The molecule has 2 aromatic rings. The third-order valence-corrected chi connectivity index (χ3v) is 3.86. The number of hydrogen-bond donors (Lipinski definition) is 1. The normalized spacial score (nSPS) is 13.8. The van der Waals surface area contributed by atoms with Crippen LogP contribution in [0.1, 0.15) is 30.5 Å². The fourth-order valence-corrected chi connectivity index (χ4v) is 2.71. The van der Waals surface area contributed by atoms with Crippen molar-refractivity contribution in [1.82, 2.24) is 10.3 Å². The molecule has 3 rings (SSSR count). The van der Waals surface area contributed by atoms with E-state index < -0.39 is 0 Å². The standard InChI is InChI=1S/C18H23N3/c1-14(2)9-19-10-15-7-8-18(20-11-15)21-12-16-5-3-4-6-17(16)13-21/h3-8,11,14,19H,9-10,12-13H2,1-2H3. The predicted molar refractivity (Wildman–Crippen MR) is 87.1 cm³/mol. The molecule has 0 bridgehead atoms. The van der Waals surface area contributed by atoms with Gasteiger partial charge in [0.1, 0.15) is 5.82 Å². The Morgan fingerprint density at radius 1 is 1.10 bits per heavy atom. The van der Waals surface area contributed by atoms with Crippen molar-refractivity contribution in [3.05, 3.63) is 59.3 Å². The first-order valence-electron chi connectivity index (χ1n) is 7.70. The molecular formula is C18H23N3. The number of nitrogens with zero attached hydrogens (tertiary/aromatic N) is 2. The Morgan fingerprint density at radius 3 is 2.38 bits per heavy atom. The van der Waals surface area contributed by atoms with Crippen LogP contribution in [0, 0.1) is 5.92 Å². The Bertz CT molecular complexity index is 565. The van der Waals surface area contributed by atoms with Crippen LogP contribution >= 0.6 is 0 Å². The van der Waals surface area contributed by atoms with Gasteiger partial charge in [-0.05, 0) is 35.2 Å². The van der Waals surface area contributed by atoms with Gasteiger partial charge in [0.2, 0.25) is 0 Å². The van der Waals surface area contributed by atoms with E-state index in [1.54, 1.807) is 0 Å². The molecule has 21 heavy (non-hydrogen) atoms. The lowest BCUT2D eigenvalue weighted by atomic mass is 10.1. The van der Waals surface area contributed by atoms with E-state index in [1.807, 2.05) is 6.20 Å². The summed E-state index contributed by atoms with van der Waals surface area (Å²) in [5.74, 6) is 1.75. The van der Waals surface area contributed by atoms with Gasteiger partial charge in [-0.1, -0.05) is 44.2 Å². The summed E-state index contributed by atoms with van der Waals surface area (Å²) in [4.78, 5) is 6.96. The van der Waals surface area contributed by atoms with Crippen molar-refractivity contribution >= 4 is 5.82 Å². The topological polar surface area (TPSA) is 28.2 Å². The van der Waals surface area contributed by atoms with Crippen LogP contribution in [0.2, 0.25) is 0 Å². The van der Waals surface area contributed by atoms with Gasteiger partial charge < -0.3 is 10.2 Å². The molecule has 0 saturated carbocycles. The molecule has 2 heterocycles. The number of benzene rings is 1. The van der Waals surface area contributed by atoms with Crippen molar-refractivity contribution in [1.29, 1.82) is 0 Å². The number of hydrogen-bond acceptors (Lipinski definition) is 3. The van der Waals surface area contributed by atoms with Crippen LogP contribution < -0.4 is 10.2 Å². The van der Waals surface area contributed by atoms with E-state index in [0.717, 1.165) is 32.0 Å². The van der Waals surface area contributed by atoms with Crippen LogP contribution in [0.25, 0.3) is 0 Å². The zero-order valence-corrected chi connectivity index (χ0v) is 12.8. The fraction of sp³-hybridized carbons (Fsp3) is 0.389. The minimum atomic E-state index is 0.681. The maximum Gasteiger partial charge on any atom is 0.129 e. The number of rotatable bonds is 5. The third kappa shape index (κ3) is 3.42. The Hall–Kier alpha value is -1.87. The zero-order valence-electron chi connectivity index (χ0n) is 12.8. The summed E-state index contributed by atoms with van der Waals surface area (Å²) >= 11 is 0. The Kier molecular flexibility index (Phi) is 4.20. The smallest absolute Gasteiger partial charge is 0.129 e. The minimum Gasteiger partial charge on any atom is -0.348 e. The summed E-state index contributed by atoms with van der Waals surface area (Å²) in [6, 6.07) is 13.0. The first kappa shape index (κ1) is 14.1. The molecule has 3 nitrogen and oxygen atoms in total. The lowest BCUT2D eigenvalue weighted by Crippen LogP contribution is -2.19. The first-order chi connectivity index (χ1) is 10.2. The van der Waals surface area contributed by atoms with Gasteiger partial charge in [0.15, 0.2) is 0 Å². The second-order valence-electron chi connectivity index (χ2n) is 6.17. The molecule has 0 spiro atoms. The van der Waals surface area contributed by atoms with E-state index in [9.17, 15) is 0 Å². The molecule has 0 atom stereocenters. The van der Waals surface area contributed by atoms with Gasteiger partial charge in [0, 0.05) is 25.8 Å². The average molecular weight is 281 g/mol. The number of nitrogens with one attached hydrogen (secondary N) is 1. The Labute approximate surface area is 127 Å². The molecule has 0 saturated heterocycles. The summed E-state index contributed by atoms with van der Waals surface area (Å²) < 4.78 is 0. The van der Waals surface area contributed by atoms with Gasteiger partial charge in [-0.3, -0.25) is 0 Å². The van der Waals surface area contributed by atoms with E-state index in [1.165, 1.54) is 16.7 Å². The molecule has 1 aliphatic heterocycles. The average Bonchev–Trinajstić information content (AvgIpc) is 2.91. The van der Waals surface area contributed by atoms with E-state index in [2.05, 4.69) is 65.4 Å². The zero-order chi connectivity index (χ0) is 14.7. The van der Waals surface area contributed by atoms with E-state index >= 15 is 0 Å². The van der Waals surface area contributed by atoms with Gasteiger partial charge in [-0.25, -0.2) is 4.98 Å². The van der Waals surface area contributed by atoms with Crippen molar-refractivity contribution in [2.45, 2.75) is 33.5 Å². The number of anilines is 1. The molecule has 1 aliphatic rings. The highest BCUT2D eigenvalue weighted by atomic mass is 15.2. The van der Waals surface area contributed by atoms with Crippen LogP contribution in [-0.2, 0) is 19.6 Å². The molecule has 1 aromatic carbocycles. The summed E-state index contributed by atoms with van der Waals surface area (Å²) in [5, 5.41) is 3.45. The third-order valence-electron chi connectivity index (χ3n) is 3.86.